The molecule has 1 fully saturated rings. The lowest BCUT2D eigenvalue weighted by atomic mass is 9.86. The molecular weight excluding hydrogens is 434 g/mol. The molecule has 1 aliphatic rings. The van der Waals surface area contributed by atoms with Gasteiger partial charge in [0.15, 0.2) is 0 Å². The second kappa shape index (κ2) is 9.14. The first kappa shape index (κ1) is 23.5. The van der Waals surface area contributed by atoms with Crippen LogP contribution >= 0.6 is 11.3 Å². The Balaban J connectivity index is 2.13. The van der Waals surface area contributed by atoms with Crippen molar-refractivity contribution >= 4 is 39.1 Å². The molecule has 8 heteroatoms. The van der Waals surface area contributed by atoms with E-state index in [-0.39, 0.29) is 27.6 Å². The molecular formula is C23H29NO5S2. The average Bonchev–Trinajstić information content (AvgIpc) is 3.43. The Morgan fingerprint density at radius 2 is 1.94 bits per heavy atom. The molecule has 31 heavy (non-hydrogen) atoms. The highest BCUT2D eigenvalue weighted by Crippen LogP contribution is 2.36. The number of nitrogens with zero attached hydrogens (tertiary/aromatic N) is 1. The molecule has 0 amide bonds. The minimum Gasteiger partial charge on any atom is -0.465 e. The van der Waals surface area contributed by atoms with Gasteiger partial charge in [-0.2, -0.15) is 0 Å². The van der Waals surface area contributed by atoms with E-state index in [1.54, 1.807) is 17.5 Å². The Bertz CT molecular complexity index is 1080. The van der Waals surface area contributed by atoms with Crippen LogP contribution in [0.2, 0.25) is 0 Å². The van der Waals surface area contributed by atoms with E-state index in [4.69, 9.17) is 9.47 Å². The highest BCUT2D eigenvalue weighted by atomic mass is 32.2. The van der Waals surface area contributed by atoms with Crippen molar-refractivity contribution in [1.29, 1.82) is 0 Å². The Morgan fingerprint density at radius 1 is 1.23 bits per heavy atom. The van der Waals surface area contributed by atoms with Crippen LogP contribution in [0.3, 0.4) is 0 Å². The molecule has 0 unspecified atom stereocenters. The van der Waals surface area contributed by atoms with Crippen molar-refractivity contribution in [2.45, 2.75) is 43.9 Å². The maximum atomic E-state index is 13.8. The minimum atomic E-state index is -4.01. The second-order valence-corrected chi connectivity index (χ2v) is 11.3. The van der Waals surface area contributed by atoms with Gasteiger partial charge in [0.1, 0.15) is 11.6 Å². The number of hydrogen-bond donors (Lipinski definition) is 0. The number of rotatable bonds is 8. The van der Waals surface area contributed by atoms with Gasteiger partial charge in [-0.25, -0.2) is 17.5 Å². The first-order valence-electron chi connectivity index (χ1n) is 10.1. The van der Waals surface area contributed by atoms with Crippen molar-refractivity contribution < 1.29 is 22.7 Å². The summed E-state index contributed by atoms with van der Waals surface area (Å²) >= 11 is 1.13. The van der Waals surface area contributed by atoms with Crippen LogP contribution in [-0.2, 0) is 24.9 Å². The molecule has 0 N–H and O–H groups in total. The molecule has 1 aromatic carbocycles. The normalized spacial score (nSPS) is 14.7. The number of ether oxygens (including phenoxy) is 2. The zero-order valence-corrected chi connectivity index (χ0v) is 20.2. The first-order valence-corrected chi connectivity index (χ1v) is 12.4. The lowest BCUT2D eigenvalue weighted by Crippen LogP contribution is -2.34. The number of methoxy groups -OCH3 is 2. The van der Waals surface area contributed by atoms with Crippen LogP contribution < -0.4 is 4.31 Å². The van der Waals surface area contributed by atoms with Gasteiger partial charge in [-0.3, -0.25) is 0 Å². The third kappa shape index (κ3) is 5.19. The van der Waals surface area contributed by atoms with Gasteiger partial charge in [0.2, 0.25) is 0 Å². The summed E-state index contributed by atoms with van der Waals surface area (Å²) in [6.45, 7) is 6.05. The maximum Gasteiger partial charge on any atom is 0.350 e. The molecule has 2 aromatic rings. The lowest BCUT2D eigenvalue weighted by molar-refractivity contribution is 0.0607. The molecule has 1 heterocycles. The topological polar surface area (TPSA) is 72.9 Å². The summed E-state index contributed by atoms with van der Waals surface area (Å²) in [6, 6.07) is 7.03. The van der Waals surface area contributed by atoms with Crippen LogP contribution in [0.15, 0.2) is 40.6 Å². The van der Waals surface area contributed by atoms with Crippen molar-refractivity contribution in [3.63, 3.8) is 0 Å². The number of allylic oxidation sites excluding steroid dienone is 1. The van der Waals surface area contributed by atoms with Crippen LogP contribution in [0.25, 0.3) is 6.08 Å². The van der Waals surface area contributed by atoms with E-state index in [9.17, 15) is 13.2 Å². The van der Waals surface area contributed by atoms with Crippen molar-refractivity contribution in [2.24, 2.45) is 5.92 Å². The van der Waals surface area contributed by atoms with Crippen LogP contribution in [0.4, 0.5) is 5.69 Å². The van der Waals surface area contributed by atoms with Crippen LogP contribution in [0.1, 0.15) is 54.4 Å². The third-order valence-electron chi connectivity index (χ3n) is 5.14. The van der Waals surface area contributed by atoms with Gasteiger partial charge in [-0.1, -0.05) is 39.0 Å². The predicted octanol–water partition coefficient (Wildman–Crippen LogP) is 5.05. The number of thiophene rings is 1. The van der Waals surface area contributed by atoms with E-state index in [0.717, 1.165) is 34.0 Å². The van der Waals surface area contributed by atoms with Gasteiger partial charge < -0.3 is 9.47 Å². The van der Waals surface area contributed by atoms with Crippen LogP contribution in [0.5, 0.6) is 0 Å². The van der Waals surface area contributed by atoms with Crippen molar-refractivity contribution in [3.8, 4) is 0 Å². The summed E-state index contributed by atoms with van der Waals surface area (Å²) in [5, 5.41) is 1.66. The van der Waals surface area contributed by atoms with Gasteiger partial charge in [-0.15, -0.1) is 11.3 Å². The number of carbonyl (C=O) groups is 1. The Morgan fingerprint density at radius 3 is 2.52 bits per heavy atom. The number of hydrogen-bond acceptors (Lipinski definition) is 6. The van der Waals surface area contributed by atoms with Gasteiger partial charge in [0, 0.05) is 7.11 Å². The number of carbonyl (C=O) groups excluding carboxylic acids is 1. The maximum absolute atomic E-state index is 13.8. The molecule has 0 aliphatic heterocycles. The van der Waals surface area contributed by atoms with Crippen LogP contribution in [0, 0.1) is 5.92 Å². The number of anilines is 1. The SMILES string of the molecule is COCN(c1ccsc1C(=O)OC)S(=O)(=O)c1ccc(C(C)(C)C)cc1C=CC1CC1. The van der Waals surface area contributed by atoms with Crippen LogP contribution in [-0.4, -0.2) is 35.3 Å². The summed E-state index contributed by atoms with van der Waals surface area (Å²) in [7, 11) is -1.32. The molecule has 168 valence electrons. The van der Waals surface area contributed by atoms with Crippen molar-refractivity contribution in [1.82, 2.24) is 0 Å². The zero-order chi connectivity index (χ0) is 22.8. The summed E-state index contributed by atoms with van der Waals surface area (Å²) in [5.41, 5.74) is 1.80. The van der Waals surface area contributed by atoms with Gasteiger partial charge in [0.05, 0.1) is 17.7 Å². The fraction of sp³-hybridized carbons (Fsp3) is 0.435. The smallest absolute Gasteiger partial charge is 0.350 e. The molecule has 6 nitrogen and oxygen atoms in total. The molecule has 1 aromatic heterocycles. The van der Waals surface area contributed by atoms with Crippen molar-refractivity contribution in [3.05, 3.63) is 51.7 Å². The summed E-state index contributed by atoms with van der Waals surface area (Å²) in [6.07, 6.45) is 6.24. The molecule has 1 saturated carbocycles. The average molecular weight is 464 g/mol. The molecule has 1 aliphatic carbocycles. The minimum absolute atomic E-state index is 0.123. The second-order valence-electron chi connectivity index (χ2n) is 8.60. The van der Waals surface area contributed by atoms with Gasteiger partial charge in [0.25, 0.3) is 10.0 Å². The molecule has 0 spiro atoms. The van der Waals surface area contributed by atoms with Gasteiger partial charge in [-0.05, 0) is 58.9 Å². The fourth-order valence-electron chi connectivity index (χ4n) is 3.16. The predicted molar refractivity (Wildman–Crippen MR) is 124 cm³/mol. The number of esters is 1. The van der Waals surface area contributed by atoms with Gasteiger partial charge >= 0.3 is 5.97 Å². The molecule has 0 radical (unpaired) electrons. The van der Waals surface area contributed by atoms with E-state index >= 15 is 0 Å². The van der Waals surface area contributed by atoms with E-state index in [0.29, 0.717) is 11.5 Å². The lowest BCUT2D eigenvalue weighted by Gasteiger charge is -2.26. The quantitative estimate of drug-likeness (QED) is 0.404. The Kier molecular flexibility index (Phi) is 6.93. The molecule has 0 atom stereocenters. The third-order valence-corrected chi connectivity index (χ3v) is 7.84. The molecule has 0 saturated heterocycles. The number of benzene rings is 1. The Hall–Kier alpha value is -2.16. The standard InChI is InChI=1S/C23H29NO5S2/c1-23(2,3)18-10-11-20(17(14-18)9-8-16-6-7-16)31(26,27)24(15-28-4)19-12-13-30-21(19)22(25)29-5/h8-14,16H,6-7,15H2,1-5H3. The Labute approximate surface area is 188 Å². The largest absolute Gasteiger partial charge is 0.465 e. The van der Waals surface area contributed by atoms with E-state index in [1.807, 2.05) is 18.2 Å². The zero-order valence-electron chi connectivity index (χ0n) is 18.5. The molecule has 0 bridgehead atoms. The highest BCUT2D eigenvalue weighted by Gasteiger charge is 2.32. The van der Waals surface area contributed by atoms with E-state index < -0.39 is 16.0 Å². The summed E-state index contributed by atoms with van der Waals surface area (Å²) in [4.78, 5) is 12.6. The highest BCUT2D eigenvalue weighted by molar-refractivity contribution is 7.93. The first-order chi connectivity index (χ1) is 14.6. The molecule has 3 rings (SSSR count). The summed E-state index contributed by atoms with van der Waals surface area (Å²) in [5.74, 6) is -0.0787. The van der Waals surface area contributed by atoms with E-state index in [2.05, 4.69) is 26.8 Å². The monoisotopic (exact) mass is 463 g/mol. The van der Waals surface area contributed by atoms with E-state index in [1.165, 1.54) is 14.2 Å². The summed E-state index contributed by atoms with van der Waals surface area (Å²) < 4.78 is 38.7. The van der Waals surface area contributed by atoms with Crippen molar-refractivity contribution in [2.75, 3.05) is 25.3 Å². The fourth-order valence-corrected chi connectivity index (χ4v) is 5.58. The number of sulfonamides is 1.